The van der Waals surface area contributed by atoms with Gasteiger partial charge in [-0.2, -0.15) is 4.31 Å². The van der Waals surface area contributed by atoms with Crippen LogP contribution in [0.25, 0.3) is 0 Å². The van der Waals surface area contributed by atoms with Crippen LogP contribution in [-0.2, 0) is 14.8 Å². The van der Waals surface area contributed by atoms with Gasteiger partial charge in [-0.15, -0.1) is 0 Å². The second kappa shape index (κ2) is 10.2. The highest BCUT2D eigenvalue weighted by Crippen LogP contribution is 2.27. The second-order valence-corrected chi connectivity index (χ2v) is 10.9. The number of amides is 1. The molecule has 6 nitrogen and oxygen atoms in total. The smallest absolute Gasteiger partial charge is 0.243 e. The molecule has 1 aliphatic carbocycles. The molecule has 0 radical (unpaired) electrons. The fourth-order valence-electron chi connectivity index (χ4n) is 4.81. The van der Waals surface area contributed by atoms with Crippen LogP contribution in [0.5, 0.6) is 0 Å². The largest absolute Gasteiger partial charge is 0.341 e. The Hall–Kier alpha value is -1.44. The third kappa shape index (κ3) is 5.62. The number of nitrogens with zero attached hydrogens (tertiary/aromatic N) is 2. The van der Waals surface area contributed by atoms with E-state index in [9.17, 15) is 13.2 Å². The summed E-state index contributed by atoms with van der Waals surface area (Å²) in [6.45, 7) is 7.39. The zero-order chi connectivity index (χ0) is 21.7. The van der Waals surface area contributed by atoms with E-state index in [4.69, 9.17) is 0 Å². The number of likely N-dealkylation sites (tertiary alicyclic amines) is 1. The van der Waals surface area contributed by atoms with Gasteiger partial charge in [-0.25, -0.2) is 8.42 Å². The average Bonchev–Trinajstić information content (AvgIpc) is 2.73. The fraction of sp³-hybridized carbons (Fsp3) is 0.696. The number of benzene rings is 1. The van der Waals surface area contributed by atoms with Crippen molar-refractivity contribution in [1.82, 2.24) is 14.5 Å². The normalized spacial score (nSPS) is 19.6. The molecule has 1 saturated heterocycles. The maximum atomic E-state index is 13.4. The Labute approximate surface area is 182 Å². The summed E-state index contributed by atoms with van der Waals surface area (Å²) in [5.41, 5.74) is 0.936. The van der Waals surface area contributed by atoms with E-state index < -0.39 is 10.0 Å². The highest BCUT2D eigenvalue weighted by Gasteiger charge is 2.36. The number of rotatable bonds is 7. The van der Waals surface area contributed by atoms with Crippen LogP contribution < -0.4 is 5.32 Å². The molecule has 2 fully saturated rings. The van der Waals surface area contributed by atoms with Crippen molar-refractivity contribution in [2.24, 2.45) is 0 Å². The first-order valence-electron chi connectivity index (χ1n) is 11.4. The van der Waals surface area contributed by atoms with Crippen molar-refractivity contribution in [1.29, 1.82) is 0 Å². The summed E-state index contributed by atoms with van der Waals surface area (Å²) in [4.78, 5) is 14.9. The zero-order valence-corrected chi connectivity index (χ0v) is 19.5. The number of nitrogens with one attached hydrogen (secondary N) is 1. The third-order valence-electron chi connectivity index (χ3n) is 6.40. The van der Waals surface area contributed by atoms with Crippen LogP contribution in [0.4, 0.5) is 0 Å². The standard InChI is InChI=1S/C23H37N3O3S/c1-18(2)26(30(28,29)22-11-7-8-19(3)16-22)21-12-14-25(15-13-21)23(27)17-24-20-9-5-4-6-10-20/h7-8,11,16,18,20-21,24H,4-6,9-10,12-15,17H2,1-3H3. The molecule has 1 saturated carbocycles. The van der Waals surface area contributed by atoms with Gasteiger partial charge in [0, 0.05) is 31.2 Å². The van der Waals surface area contributed by atoms with Crippen LogP contribution in [0.1, 0.15) is 64.4 Å². The molecule has 0 spiro atoms. The Balaban J connectivity index is 1.59. The molecule has 30 heavy (non-hydrogen) atoms. The molecule has 0 bridgehead atoms. The number of hydrogen-bond acceptors (Lipinski definition) is 4. The first kappa shape index (κ1) is 23.2. The first-order valence-corrected chi connectivity index (χ1v) is 12.8. The van der Waals surface area contributed by atoms with E-state index >= 15 is 0 Å². The van der Waals surface area contributed by atoms with Gasteiger partial charge in [0.25, 0.3) is 0 Å². The number of carbonyl (C=O) groups is 1. The third-order valence-corrected chi connectivity index (χ3v) is 8.52. The zero-order valence-electron chi connectivity index (χ0n) is 18.6. The van der Waals surface area contributed by atoms with E-state index in [1.807, 2.05) is 31.7 Å². The quantitative estimate of drug-likeness (QED) is 0.713. The molecule has 7 heteroatoms. The topological polar surface area (TPSA) is 69.7 Å². The van der Waals surface area contributed by atoms with Crippen LogP contribution in [0.3, 0.4) is 0 Å². The van der Waals surface area contributed by atoms with Crippen molar-refractivity contribution < 1.29 is 13.2 Å². The van der Waals surface area contributed by atoms with Crippen LogP contribution >= 0.6 is 0 Å². The molecule has 1 aromatic rings. The lowest BCUT2D eigenvalue weighted by Crippen LogP contribution is -2.52. The first-order chi connectivity index (χ1) is 14.3. The maximum Gasteiger partial charge on any atom is 0.243 e. The molecule has 1 N–H and O–H groups in total. The van der Waals surface area contributed by atoms with Gasteiger partial charge < -0.3 is 10.2 Å². The SMILES string of the molecule is Cc1cccc(S(=O)(=O)N(C(C)C)C2CCN(C(=O)CNC3CCCCC3)CC2)c1. The number of sulfonamides is 1. The van der Waals surface area contributed by atoms with Gasteiger partial charge >= 0.3 is 0 Å². The molecule has 1 amide bonds. The summed E-state index contributed by atoms with van der Waals surface area (Å²) in [6.07, 6.45) is 7.48. The van der Waals surface area contributed by atoms with E-state index in [0.717, 1.165) is 18.4 Å². The Bertz CT molecular complexity index is 811. The van der Waals surface area contributed by atoms with Crippen molar-refractivity contribution in [2.75, 3.05) is 19.6 Å². The van der Waals surface area contributed by atoms with Gasteiger partial charge in [-0.3, -0.25) is 4.79 Å². The molecule has 3 rings (SSSR count). The molecule has 1 heterocycles. The van der Waals surface area contributed by atoms with Gasteiger partial charge in [-0.05, 0) is 64.2 Å². The molecule has 0 aromatic heterocycles. The van der Waals surface area contributed by atoms with Gasteiger partial charge in [-0.1, -0.05) is 31.4 Å². The Morgan fingerprint density at radius 2 is 1.80 bits per heavy atom. The van der Waals surface area contributed by atoms with E-state index in [-0.39, 0.29) is 18.0 Å². The summed E-state index contributed by atoms with van der Waals surface area (Å²) >= 11 is 0. The number of aryl methyl sites for hydroxylation is 1. The summed E-state index contributed by atoms with van der Waals surface area (Å²) in [5.74, 6) is 0.136. The number of carbonyl (C=O) groups excluding carboxylic acids is 1. The molecule has 2 aliphatic rings. The summed E-state index contributed by atoms with van der Waals surface area (Å²) in [6, 6.07) is 7.37. The van der Waals surface area contributed by atoms with Crippen LogP contribution in [-0.4, -0.2) is 61.3 Å². The van der Waals surface area contributed by atoms with Crippen molar-refractivity contribution in [2.45, 2.75) is 88.7 Å². The lowest BCUT2D eigenvalue weighted by molar-refractivity contribution is -0.131. The Kier molecular flexibility index (Phi) is 7.93. The molecular formula is C23H37N3O3S. The average molecular weight is 436 g/mol. The molecule has 1 aromatic carbocycles. The molecule has 0 atom stereocenters. The van der Waals surface area contributed by atoms with Gasteiger partial charge in [0.15, 0.2) is 0 Å². The highest BCUT2D eigenvalue weighted by atomic mass is 32.2. The van der Waals surface area contributed by atoms with Crippen LogP contribution in [0.15, 0.2) is 29.2 Å². The van der Waals surface area contributed by atoms with Crippen LogP contribution in [0, 0.1) is 6.92 Å². The van der Waals surface area contributed by atoms with Crippen molar-refractivity contribution in [3.63, 3.8) is 0 Å². The number of piperidine rings is 1. The minimum Gasteiger partial charge on any atom is -0.341 e. The van der Waals surface area contributed by atoms with Gasteiger partial charge in [0.1, 0.15) is 0 Å². The minimum absolute atomic E-state index is 0.0779. The second-order valence-electron chi connectivity index (χ2n) is 9.07. The lowest BCUT2D eigenvalue weighted by atomic mass is 9.95. The molecular weight excluding hydrogens is 398 g/mol. The number of hydrogen-bond donors (Lipinski definition) is 1. The van der Waals surface area contributed by atoms with Gasteiger partial charge in [0.05, 0.1) is 11.4 Å². The predicted octanol–water partition coefficient (Wildman–Crippen LogP) is 3.31. The highest BCUT2D eigenvalue weighted by molar-refractivity contribution is 7.89. The Morgan fingerprint density at radius 3 is 2.40 bits per heavy atom. The van der Waals surface area contributed by atoms with E-state index in [2.05, 4.69) is 5.32 Å². The minimum atomic E-state index is -3.57. The van der Waals surface area contributed by atoms with E-state index in [1.165, 1.54) is 19.3 Å². The molecule has 168 valence electrons. The monoisotopic (exact) mass is 435 g/mol. The fourth-order valence-corrected chi connectivity index (χ4v) is 6.80. The molecule has 1 aliphatic heterocycles. The summed E-state index contributed by atoms with van der Waals surface area (Å²) in [7, 11) is -3.57. The van der Waals surface area contributed by atoms with Crippen LogP contribution in [0.2, 0.25) is 0 Å². The van der Waals surface area contributed by atoms with Crippen molar-refractivity contribution >= 4 is 15.9 Å². The Morgan fingerprint density at radius 1 is 1.13 bits per heavy atom. The van der Waals surface area contributed by atoms with Gasteiger partial charge in [0.2, 0.25) is 15.9 Å². The summed E-state index contributed by atoms with van der Waals surface area (Å²) in [5, 5.41) is 3.42. The van der Waals surface area contributed by atoms with E-state index in [0.29, 0.717) is 43.4 Å². The van der Waals surface area contributed by atoms with Crippen molar-refractivity contribution in [3.05, 3.63) is 29.8 Å². The maximum absolute atomic E-state index is 13.4. The van der Waals surface area contributed by atoms with E-state index in [1.54, 1.807) is 22.5 Å². The predicted molar refractivity (Wildman–Crippen MR) is 120 cm³/mol. The molecule has 0 unspecified atom stereocenters. The lowest BCUT2D eigenvalue weighted by Gasteiger charge is -2.40. The summed E-state index contributed by atoms with van der Waals surface area (Å²) < 4.78 is 28.4. The van der Waals surface area contributed by atoms with Crippen molar-refractivity contribution in [3.8, 4) is 0 Å².